The largest absolute Gasteiger partial charge is 0.481 e. The normalized spacial score (nSPS) is 27.3. The molecular formula is C10H17NO3S. The van der Waals surface area contributed by atoms with Crippen molar-refractivity contribution in [1.29, 1.82) is 0 Å². The van der Waals surface area contributed by atoms with Crippen LogP contribution in [0, 0.1) is 5.92 Å². The van der Waals surface area contributed by atoms with Gasteiger partial charge >= 0.3 is 5.97 Å². The first-order valence-corrected chi connectivity index (χ1v) is 6.39. The van der Waals surface area contributed by atoms with Gasteiger partial charge in [-0.3, -0.25) is 9.59 Å². The van der Waals surface area contributed by atoms with Gasteiger partial charge in [0.2, 0.25) is 5.91 Å². The number of aliphatic carboxylic acids is 1. The lowest BCUT2D eigenvalue weighted by molar-refractivity contribution is -0.141. The van der Waals surface area contributed by atoms with E-state index in [2.05, 4.69) is 5.32 Å². The quantitative estimate of drug-likeness (QED) is 0.760. The van der Waals surface area contributed by atoms with Crippen LogP contribution in [0.15, 0.2) is 0 Å². The lowest BCUT2D eigenvalue weighted by Gasteiger charge is -2.15. The summed E-state index contributed by atoms with van der Waals surface area (Å²) in [5, 5.41) is 11.6. The number of rotatable bonds is 4. The maximum absolute atomic E-state index is 11.5. The summed E-state index contributed by atoms with van der Waals surface area (Å²) in [6.07, 6.45) is 3.92. The third kappa shape index (κ3) is 3.41. The molecule has 2 N–H and O–H groups in total. The van der Waals surface area contributed by atoms with E-state index in [0.717, 1.165) is 6.42 Å². The molecule has 15 heavy (non-hydrogen) atoms. The molecule has 0 radical (unpaired) electrons. The predicted molar refractivity (Wildman–Crippen MR) is 59.9 cm³/mol. The highest BCUT2D eigenvalue weighted by Crippen LogP contribution is 2.25. The number of carboxylic acid groups (broad SMARTS) is 1. The molecule has 1 aliphatic carbocycles. The molecule has 0 bridgehead atoms. The molecule has 1 amide bonds. The van der Waals surface area contributed by atoms with Gasteiger partial charge < -0.3 is 10.4 Å². The van der Waals surface area contributed by atoms with Gasteiger partial charge in [0.1, 0.15) is 0 Å². The van der Waals surface area contributed by atoms with Crippen LogP contribution in [0.1, 0.15) is 26.2 Å². The van der Waals surface area contributed by atoms with E-state index < -0.39 is 5.97 Å². The lowest BCUT2D eigenvalue weighted by atomic mass is 10.1. The van der Waals surface area contributed by atoms with E-state index in [9.17, 15) is 9.59 Å². The molecule has 86 valence electrons. The Balaban J connectivity index is 2.36. The molecule has 3 atom stereocenters. The van der Waals surface area contributed by atoms with Crippen LogP contribution in [-0.2, 0) is 9.59 Å². The van der Waals surface area contributed by atoms with E-state index in [1.165, 1.54) is 11.8 Å². The molecule has 5 heteroatoms. The van der Waals surface area contributed by atoms with Crippen molar-refractivity contribution in [2.24, 2.45) is 5.92 Å². The molecule has 1 fully saturated rings. The van der Waals surface area contributed by atoms with Crippen molar-refractivity contribution in [3.05, 3.63) is 0 Å². The van der Waals surface area contributed by atoms with E-state index in [1.54, 1.807) is 0 Å². The second kappa shape index (κ2) is 5.39. The highest BCUT2D eigenvalue weighted by molar-refractivity contribution is 7.99. The van der Waals surface area contributed by atoms with Crippen molar-refractivity contribution in [2.45, 2.75) is 37.5 Å². The monoisotopic (exact) mass is 231 g/mol. The second-order valence-electron chi connectivity index (χ2n) is 3.93. The van der Waals surface area contributed by atoms with Crippen molar-refractivity contribution in [2.75, 3.05) is 6.26 Å². The lowest BCUT2D eigenvalue weighted by Crippen LogP contribution is -2.38. The fraction of sp³-hybridized carbons (Fsp3) is 0.800. The molecule has 0 heterocycles. The third-order valence-corrected chi connectivity index (χ3v) is 3.77. The van der Waals surface area contributed by atoms with Crippen molar-refractivity contribution in [3.8, 4) is 0 Å². The van der Waals surface area contributed by atoms with Crippen LogP contribution in [0.3, 0.4) is 0 Å². The Kier molecular flexibility index (Phi) is 4.45. The molecule has 1 saturated carbocycles. The Bertz CT molecular complexity index is 257. The standard InChI is InChI=1S/C10H17NO3S/c1-6(15-2)9(12)11-8-4-3-7(5-8)10(13)14/h6-8H,3-5H2,1-2H3,(H,11,12)(H,13,14). The molecule has 0 saturated heterocycles. The zero-order valence-electron chi connectivity index (χ0n) is 9.03. The van der Waals surface area contributed by atoms with Gasteiger partial charge in [0.25, 0.3) is 0 Å². The van der Waals surface area contributed by atoms with E-state index in [1.807, 2.05) is 13.2 Å². The summed E-state index contributed by atoms with van der Waals surface area (Å²) in [6, 6.07) is 0.0493. The van der Waals surface area contributed by atoms with Crippen molar-refractivity contribution in [3.63, 3.8) is 0 Å². The Morgan fingerprint density at radius 3 is 2.60 bits per heavy atom. The minimum Gasteiger partial charge on any atom is -0.481 e. The Morgan fingerprint density at radius 1 is 1.47 bits per heavy atom. The van der Waals surface area contributed by atoms with Gasteiger partial charge in [-0.05, 0) is 32.4 Å². The summed E-state index contributed by atoms with van der Waals surface area (Å²) in [5.74, 6) is -1.01. The number of carboxylic acids is 1. The molecule has 1 rings (SSSR count). The van der Waals surface area contributed by atoms with E-state index in [-0.39, 0.29) is 23.1 Å². The van der Waals surface area contributed by atoms with Crippen LogP contribution in [-0.4, -0.2) is 34.5 Å². The van der Waals surface area contributed by atoms with Gasteiger partial charge in [0, 0.05) is 6.04 Å². The summed E-state index contributed by atoms with van der Waals surface area (Å²) < 4.78 is 0. The fourth-order valence-electron chi connectivity index (χ4n) is 1.76. The highest BCUT2D eigenvalue weighted by Gasteiger charge is 2.31. The molecule has 0 spiro atoms. The van der Waals surface area contributed by atoms with Crippen LogP contribution >= 0.6 is 11.8 Å². The van der Waals surface area contributed by atoms with E-state index in [0.29, 0.717) is 12.8 Å². The minimum absolute atomic E-state index is 0.0125. The number of nitrogens with one attached hydrogen (secondary N) is 1. The Morgan fingerprint density at radius 2 is 2.13 bits per heavy atom. The smallest absolute Gasteiger partial charge is 0.306 e. The molecule has 0 aromatic heterocycles. The molecule has 3 unspecified atom stereocenters. The van der Waals surface area contributed by atoms with Crippen LogP contribution in [0.4, 0.5) is 0 Å². The predicted octanol–water partition coefficient (Wildman–Crippen LogP) is 1.11. The van der Waals surface area contributed by atoms with Gasteiger partial charge in [0.15, 0.2) is 0 Å². The number of thioether (sulfide) groups is 1. The third-order valence-electron chi connectivity index (χ3n) is 2.85. The van der Waals surface area contributed by atoms with Crippen LogP contribution in [0.25, 0.3) is 0 Å². The molecule has 4 nitrogen and oxygen atoms in total. The van der Waals surface area contributed by atoms with Crippen LogP contribution in [0.5, 0.6) is 0 Å². The average molecular weight is 231 g/mol. The average Bonchev–Trinajstić information content (AvgIpc) is 2.65. The van der Waals surface area contributed by atoms with Gasteiger partial charge in [-0.1, -0.05) is 0 Å². The van der Waals surface area contributed by atoms with Gasteiger partial charge in [-0.25, -0.2) is 0 Å². The number of hydrogen-bond donors (Lipinski definition) is 2. The summed E-state index contributed by atoms with van der Waals surface area (Å²) in [5.41, 5.74) is 0. The number of hydrogen-bond acceptors (Lipinski definition) is 3. The number of carbonyl (C=O) groups is 2. The topological polar surface area (TPSA) is 66.4 Å². The van der Waals surface area contributed by atoms with Gasteiger partial charge in [-0.2, -0.15) is 11.8 Å². The molecule has 0 aromatic rings. The van der Waals surface area contributed by atoms with Gasteiger partial charge in [-0.15, -0.1) is 0 Å². The first-order valence-electron chi connectivity index (χ1n) is 5.10. The maximum Gasteiger partial charge on any atom is 0.306 e. The summed E-state index contributed by atoms with van der Waals surface area (Å²) in [7, 11) is 0. The van der Waals surface area contributed by atoms with E-state index in [4.69, 9.17) is 5.11 Å². The maximum atomic E-state index is 11.5. The van der Waals surface area contributed by atoms with Gasteiger partial charge in [0.05, 0.1) is 11.2 Å². The minimum atomic E-state index is -0.746. The summed E-state index contributed by atoms with van der Waals surface area (Å²) >= 11 is 1.49. The van der Waals surface area contributed by atoms with Crippen molar-refractivity contribution < 1.29 is 14.7 Å². The fourth-order valence-corrected chi connectivity index (χ4v) is 2.04. The molecular weight excluding hydrogens is 214 g/mol. The number of carbonyl (C=O) groups excluding carboxylic acids is 1. The highest BCUT2D eigenvalue weighted by atomic mass is 32.2. The number of amides is 1. The SMILES string of the molecule is CSC(C)C(=O)NC1CCC(C(=O)O)C1. The van der Waals surface area contributed by atoms with Crippen LogP contribution < -0.4 is 5.32 Å². The summed E-state index contributed by atoms with van der Waals surface area (Å²) in [4.78, 5) is 22.2. The first kappa shape index (κ1) is 12.4. The Labute approximate surface area is 93.8 Å². The first-order chi connectivity index (χ1) is 7.04. The van der Waals surface area contributed by atoms with Crippen molar-refractivity contribution >= 4 is 23.6 Å². The second-order valence-corrected chi connectivity index (χ2v) is 5.11. The molecule has 0 aromatic carbocycles. The molecule has 0 aliphatic heterocycles. The Hall–Kier alpha value is -0.710. The van der Waals surface area contributed by atoms with E-state index >= 15 is 0 Å². The molecule has 1 aliphatic rings. The zero-order chi connectivity index (χ0) is 11.4. The van der Waals surface area contributed by atoms with Crippen molar-refractivity contribution in [1.82, 2.24) is 5.32 Å². The summed E-state index contributed by atoms with van der Waals surface area (Å²) in [6.45, 7) is 1.85. The van der Waals surface area contributed by atoms with Crippen LogP contribution in [0.2, 0.25) is 0 Å². The zero-order valence-corrected chi connectivity index (χ0v) is 9.84.